The van der Waals surface area contributed by atoms with Gasteiger partial charge >= 0.3 is 5.97 Å². The number of carboxylic acid groups (broad SMARTS) is 1. The molecule has 4 heteroatoms. The summed E-state index contributed by atoms with van der Waals surface area (Å²) in [6.45, 7) is 0. The fourth-order valence-electron chi connectivity index (χ4n) is 1.64. The van der Waals surface area contributed by atoms with Gasteiger partial charge in [0, 0.05) is 47.0 Å². The van der Waals surface area contributed by atoms with Gasteiger partial charge in [-0.25, -0.2) is 0 Å². The van der Waals surface area contributed by atoms with E-state index in [-0.39, 0.29) is 42.0 Å². The molecule has 2 aromatic carbocycles. The van der Waals surface area contributed by atoms with Gasteiger partial charge in [-0.15, -0.1) is 0 Å². The molecule has 0 atom stereocenters. The minimum atomic E-state index is -0.827. The van der Waals surface area contributed by atoms with Crippen LogP contribution in [0, 0.1) is 35.6 Å². The number of carbonyl (C=O) groups is 1. The number of benzene rings is 2. The predicted molar refractivity (Wildman–Crippen MR) is 67.5 cm³/mol. The monoisotopic (exact) mass is 366 g/mol. The van der Waals surface area contributed by atoms with Gasteiger partial charge < -0.3 is 10.4 Å². The van der Waals surface area contributed by atoms with Crippen molar-refractivity contribution < 1.29 is 45.5 Å². The molecule has 0 saturated heterocycles. The second-order valence-corrected chi connectivity index (χ2v) is 3.72. The fraction of sp³-hybridized carbons (Fsp3) is 0.0714. The van der Waals surface area contributed by atoms with E-state index in [0.29, 0.717) is 0 Å². The Bertz CT molecular complexity index is 514. The molecule has 0 saturated carbocycles. The number of rotatable bonds is 4. The van der Waals surface area contributed by atoms with Crippen LogP contribution >= 0.6 is 0 Å². The summed E-state index contributed by atoms with van der Waals surface area (Å²) in [4.78, 5) is 10.7. The molecule has 0 bridgehead atoms. The zero-order chi connectivity index (χ0) is 12.1. The molecule has 0 spiro atoms. The minimum absolute atomic E-state index is 0. The molecule has 0 amide bonds. The van der Waals surface area contributed by atoms with E-state index in [2.05, 4.69) is 5.32 Å². The van der Waals surface area contributed by atoms with Crippen LogP contribution in [0.15, 0.2) is 54.6 Å². The van der Waals surface area contributed by atoms with E-state index in [4.69, 9.17) is 5.11 Å². The van der Waals surface area contributed by atoms with Crippen molar-refractivity contribution in [1.29, 1.82) is 0 Å². The summed E-state index contributed by atoms with van der Waals surface area (Å²) in [5.41, 5.74) is 2.57. The van der Waals surface area contributed by atoms with Crippen molar-refractivity contribution in [1.82, 2.24) is 0 Å². The largest absolute Gasteiger partial charge is 0.481 e. The molecule has 2 aromatic rings. The number of para-hydroxylation sites is 2. The van der Waals surface area contributed by atoms with Crippen molar-refractivity contribution in [3.05, 3.63) is 60.2 Å². The Balaban J connectivity index is 0.00000162. The first-order valence-corrected chi connectivity index (χ1v) is 5.37. The Morgan fingerprint density at radius 1 is 1.00 bits per heavy atom. The minimum Gasteiger partial charge on any atom is -0.481 e. The van der Waals surface area contributed by atoms with Gasteiger partial charge in [0.25, 0.3) is 0 Å². The van der Waals surface area contributed by atoms with Crippen molar-refractivity contribution >= 4 is 17.3 Å². The molecule has 0 fully saturated rings. The Labute approximate surface area is 134 Å². The Morgan fingerprint density at radius 2 is 1.61 bits per heavy atom. The number of hydrogen-bond acceptors (Lipinski definition) is 2. The van der Waals surface area contributed by atoms with Gasteiger partial charge in [-0.1, -0.05) is 36.4 Å². The standard InChI is InChI=1S/C14H13NO2.La/c16-14(17)10-11-6-4-5-9-13(11)15-12-7-2-1-3-8-12;/h1-9,15H,10H2,(H,16,17);. The average molecular weight is 366 g/mol. The SMILES string of the molecule is O=C(O)Cc1ccccc1Nc1ccccc1.[La]. The maximum Gasteiger partial charge on any atom is 0.307 e. The van der Waals surface area contributed by atoms with E-state index in [0.717, 1.165) is 16.9 Å². The maximum absolute atomic E-state index is 10.7. The number of carboxylic acids is 1. The fourth-order valence-corrected chi connectivity index (χ4v) is 1.64. The van der Waals surface area contributed by atoms with Crippen molar-refractivity contribution in [3.8, 4) is 0 Å². The van der Waals surface area contributed by atoms with Crippen LogP contribution in [-0.2, 0) is 11.2 Å². The first-order chi connectivity index (χ1) is 8.25. The molecular weight excluding hydrogens is 353 g/mol. The third kappa shape index (κ3) is 4.29. The quantitative estimate of drug-likeness (QED) is 0.875. The van der Waals surface area contributed by atoms with Crippen molar-refractivity contribution in [2.75, 3.05) is 5.32 Å². The van der Waals surface area contributed by atoms with E-state index in [1.54, 1.807) is 0 Å². The van der Waals surface area contributed by atoms with E-state index >= 15 is 0 Å². The van der Waals surface area contributed by atoms with Gasteiger partial charge in [-0.3, -0.25) is 4.79 Å². The summed E-state index contributed by atoms with van der Waals surface area (Å²) in [6, 6.07) is 17.1. The van der Waals surface area contributed by atoms with E-state index in [1.807, 2.05) is 54.6 Å². The first kappa shape index (κ1) is 15.0. The van der Waals surface area contributed by atoms with Crippen LogP contribution in [0.4, 0.5) is 11.4 Å². The molecule has 0 aromatic heterocycles. The molecule has 2 N–H and O–H groups in total. The number of anilines is 2. The van der Waals surface area contributed by atoms with Crippen molar-refractivity contribution in [2.24, 2.45) is 0 Å². The van der Waals surface area contributed by atoms with E-state index in [1.165, 1.54) is 0 Å². The van der Waals surface area contributed by atoms with Crippen LogP contribution in [0.1, 0.15) is 5.56 Å². The van der Waals surface area contributed by atoms with Crippen molar-refractivity contribution in [2.45, 2.75) is 6.42 Å². The van der Waals surface area contributed by atoms with Crippen molar-refractivity contribution in [3.63, 3.8) is 0 Å². The zero-order valence-corrected chi connectivity index (χ0v) is 13.5. The number of nitrogens with one attached hydrogen (secondary N) is 1. The Morgan fingerprint density at radius 3 is 2.28 bits per heavy atom. The van der Waals surface area contributed by atoms with Gasteiger partial charge in [-0.05, 0) is 23.8 Å². The molecule has 1 radical (unpaired) electrons. The maximum atomic E-state index is 10.7. The first-order valence-electron chi connectivity index (χ1n) is 5.37. The molecule has 18 heavy (non-hydrogen) atoms. The smallest absolute Gasteiger partial charge is 0.307 e. The third-order valence-corrected chi connectivity index (χ3v) is 2.41. The van der Waals surface area contributed by atoms with Gasteiger partial charge in [0.15, 0.2) is 0 Å². The van der Waals surface area contributed by atoms with Gasteiger partial charge in [-0.2, -0.15) is 0 Å². The van der Waals surface area contributed by atoms with E-state index in [9.17, 15) is 4.79 Å². The zero-order valence-electron chi connectivity index (χ0n) is 9.84. The summed E-state index contributed by atoms with van der Waals surface area (Å²) in [6.07, 6.45) is 0.0238. The molecule has 0 heterocycles. The molecule has 89 valence electrons. The van der Waals surface area contributed by atoms with Gasteiger partial charge in [0.2, 0.25) is 0 Å². The normalized spacial score (nSPS) is 9.33. The summed E-state index contributed by atoms with van der Waals surface area (Å²) < 4.78 is 0. The van der Waals surface area contributed by atoms with Gasteiger partial charge in [0.05, 0.1) is 6.42 Å². The molecule has 0 aliphatic carbocycles. The van der Waals surface area contributed by atoms with Crippen LogP contribution in [0.2, 0.25) is 0 Å². The number of hydrogen-bond donors (Lipinski definition) is 2. The summed E-state index contributed by atoms with van der Waals surface area (Å²) >= 11 is 0. The summed E-state index contributed by atoms with van der Waals surface area (Å²) in [5, 5.41) is 12.0. The second-order valence-electron chi connectivity index (χ2n) is 3.72. The van der Waals surface area contributed by atoms with Crippen LogP contribution in [0.3, 0.4) is 0 Å². The van der Waals surface area contributed by atoms with Gasteiger partial charge in [0.1, 0.15) is 0 Å². The summed E-state index contributed by atoms with van der Waals surface area (Å²) in [7, 11) is 0. The molecule has 3 nitrogen and oxygen atoms in total. The second kappa shape index (κ2) is 7.36. The Hall–Kier alpha value is -1.10. The van der Waals surface area contributed by atoms with E-state index < -0.39 is 5.97 Å². The van der Waals surface area contributed by atoms with Crippen LogP contribution < -0.4 is 5.32 Å². The third-order valence-electron chi connectivity index (χ3n) is 2.41. The topological polar surface area (TPSA) is 49.3 Å². The molecule has 2 rings (SSSR count). The molecule has 0 aliphatic heterocycles. The summed E-state index contributed by atoms with van der Waals surface area (Å²) in [5.74, 6) is -0.827. The molecular formula is C14H13LaNO2. The average Bonchev–Trinajstić information content (AvgIpc) is 2.32. The number of aliphatic carboxylic acids is 1. The molecule has 0 unspecified atom stereocenters. The van der Waals surface area contributed by atoms with Crippen LogP contribution in [0.25, 0.3) is 0 Å². The molecule has 0 aliphatic rings. The predicted octanol–water partition coefficient (Wildman–Crippen LogP) is 3.06. The Kier molecular flexibility index (Phi) is 6.12. The van der Waals surface area contributed by atoms with Crippen LogP contribution in [-0.4, -0.2) is 11.1 Å². The van der Waals surface area contributed by atoms with Crippen LogP contribution in [0.5, 0.6) is 0 Å².